The number of ether oxygens (including phenoxy) is 1. The van der Waals surface area contributed by atoms with Crippen molar-refractivity contribution in [1.29, 1.82) is 0 Å². The second-order valence-corrected chi connectivity index (χ2v) is 6.04. The Balaban J connectivity index is 1.66. The van der Waals surface area contributed by atoms with Crippen molar-refractivity contribution in [2.45, 2.75) is 44.8 Å². The van der Waals surface area contributed by atoms with Crippen LogP contribution >= 0.6 is 0 Å². The van der Waals surface area contributed by atoms with Gasteiger partial charge in [0.1, 0.15) is 5.82 Å². The minimum Gasteiger partial charge on any atom is -0.377 e. The highest BCUT2D eigenvalue weighted by molar-refractivity contribution is 5.40. The molecule has 1 aliphatic heterocycles. The Morgan fingerprint density at radius 3 is 2.84 bits per heavy atom. The van der Waals surface area contributed by atoms with E-state index in [1.165, 1.54) is 12.8 Å². The lowest BCUT2D eigenvalue weighted by Crippen LogP contribution is -2.53. The zero-order valence-electron chi connectivity index (χ0n) is 11.7. The van der Waals surface area contributed by atoms with E-state index < -0.39 is 0 Å². The fourth-order valence-corrected chi connectivity index (χ4v) is 2.40. The van der Waals surface area contributed by atoms with Gasteiger partial charge in [0.2, 0.25) is 0 Å². The lowest BCUT2D eigenvalue weighted by atomic mass is 10.0. The number of morpholine rings is 1. The predicted octanol–water partition coefficient (Wildman–Crippen LogP) is 1.34. The van der Waals surface area contributed by atoms with Gasteiger partial charge in [-0.2, -0.15) is 0 Å². The first-order valence-corrected chi connectivity index (χ1v) is 7.05. The summed E-state index contributed by atoms with van der Waals surface area (Å²) >= 11 is 0. The van der Waals surface area contributed by atoms with E-state index in [0.717, 1.165) is 37.8 Å². The number of hydrogen-bond donors (Lipinski definition) is 1. The van der Waals surface area contributed by atoms with Crippen molar-refractivity contribution in [3.63, 3.8) is 0 Å². The average molecular weight is 262 g/mol. The molecule has 2 aliphatic rings. The van der Waals surface area contributed by atoms with Gasteiger partial charge in [0.25, 0.3) is 0 Å². The van der Waals surface area contributed by atoms with Crippen LogP contribution in [0.25, 0.3) is 0 Å². The molecule has 0 amide bonds. The van der Waals surface area contributed by atoms with Crippen molar-refractivity contribution in [1.82, 2.24) is 15.3 Å². The molecule has 19 heavy (non-hydrogen) atoms. The summed E-state index contributed by atoms with van der Waals surface area (Å²) in [7, 11) is 0. The van der Waals surface area contributed by atoms with E-state index in [1.807, 2.05) is 12.4 Å². The molecule has 0 unspecified atom stereocenters. The molecule has 0 spiro atoms. The molecule has 2 heterocycles. The van der Waals surface area contributed by atoms with Gasteiger partial charge >= 0.3 is 0 Å². The molecule has 1 aromatic rings. The molecule has 1 aliphatic carbocycles. The van der Waals surface area contributed by atoms with Gasteiger partial charge < -0.3 is 15.0 Å². The number of anilines is 1. The van der Waals surface area contributed by atoms with E-state index >= 15 is 0 Å². The Labute approximate surface area is 114 Å². The third kappa shape index (κ3) is 3.04. The molecule has 3 rings (SSSR count). The summed E-state index contributed by atoms with van der Waals surface area (Å²) in [6.45, 7) is 7.55. The highest BCUT2D eigenvalue weighted by atomic mass is 16.5. The Morgan fingerprint density at radius 2 is 2.21 bits per heavy atom. The summed E-state index contributed by atoms with van der Waals surface area (Å²) in [4.78, 5) is 11.4. The van der Waals surface area contributed by atoms with Crippen LogP contribution in [-0.4, -0.2) is 41.3 Å². The van der Waals surface area contributed by atoms with Gasteiger partial charge in [0.15, 0.2) is 0 Å². The Kier molecular flexibility index (Phi) is 3.41. The van der Waals surface area contributed by atoms with Crippen molar-refractivity contribution in [3.8, 4) is 0 Å². The van der Waals surface area contributed by atoms with E-state index in [-0.39, 0.29) is 5.54 Å². The van der Waals surface area contributed by atoms with Crippen molar-refractivity contribution < 1.29 is 4.74 Å². The van der Waals surface area contributed by atoms with Crippen LogP contribution < -0.4 is 10.2 Å². The third-order valence-electron chi connectivity index (χ3n) is 3.76. The molecule has 5 heteroatoms. The average Bonchev–Trinajstić information content (AvgIpc) is 3.21. The fourth-order valence-electron chi connectivity index (χ4n) is 2.40. The molecule has 5 nitrogen and oxygen atoms in total. The Morgan fingerprint density at radius 1 is 1.37 bits per heavy atom. The van der Waals surface area contributed by atoms with E-state index in [2.05, 4.69) is 34.0 Å². The number of hydrogen-bond acceptors (Lipinski definition) is 5. The number of nitrogens with zero attached hydrogens (tertiary/aromatic N) is 3. The van der Waals surface area contributed by atoms with E-state index in [0.29, 0.717) is 6.04 Å². The Hall–Kier alpha value is -1.20. The third-order valence-corrected chi connectivity index (χ3v) is 3.76. The monoisotopic (exact) mass is 262 g/mol. The smallest absolute Gasteiger partial charge is 0.147 e. The predicted molar refractivity (Wildman–Crippen MR) is 74.1 cm³/mol. The maximum absolute atomic E-state index is 5.53. The summed E-state index contributed by atoms with van der Waals surface area (Å²) in [5, 5.41) is 3.45. The van der Waals surface area contributed by atoms with E-state index in [1.54, 1.807) is 0 Å². The molecule has 1 saturated carbocycles. The molecule has 0 bridgehead atoms. The van der Waals surface area contributed by atoms with Gasteiger partial charge in [-0.05, 0) is 26.7 Å². The van der Waals surface area contributed by atoms with E-state index in [4.69, 9.17) is 4.74 Å². The van der Waals surface area contributed by atoms with Crippen LogP contribution in [0.2, 0.25) is 0 Å². The molecular formula is C14H22N4O. The second-order valence-electron chi connectivity index (χ2n) is 6.04. The van der Waals surface area contributed by atoms with Crippen molar-refractivity contribution >= 4 is 5.82 Å². The molecule has 1 saturated heterocycles. The highest BCUT2D eigenvalue weighted by Crippen LogP contribution is 2.24. The van der Waals surface area contributed by atoms with Gasteiger partial charge in [-0.3, -0.25) is 4.98 Å². The van der Waals surface area contributed by atoms with Crippen LogP contribution in [0.3, 0.4) is 0 Å². The second kappa shape index (κ2) is 5.06. The molecule has 0 aromatic carbocycles. The summed E-state index contributed by atoms with van der Waals surface area (Å²) in [6.07, 6.45) is 6.37. The maximum Gasteiger partial charge on any atom is 0.147 e. The van der Waals surface area contributed by atoms with Crippen LogP contribution in [0.4, 0.5) is 5.82 Å². The van der Waals surface area contributed by atoms with Crippen molar-refractivity contribution in [2.75, 3.05) is 24.7 Å². The first-order valence-electron chi connectivity index (χ1n) is 7.05. The molecule has 2 fully saturated rings. The quantitative estimate of drug-likeness (QED) is 0.887. The zero-order chi connectivity index (χ0) is 13.3. The highest BCUT2D eigenvalue weighted by Gasteiger charge is 2.31. The van der Waals surface area contributed by atoms with Gasteiger partial charge in [-0.25, -0.2) is 4.98 Å². The van der Waals surface area contributed by atoms with Gasteiger partial charge in [-0.15, -0.1) is 0 Å². The number of nitrogens with one attached hydrogen (secondary N) is 1. The van der Waals surface area contributed by atoms with Crippen LogP contribution in [-0.2, 0) is 11.3 Å². The van der Waals surface area contributed by atoms with Crippen molar-refractivity contribution in [3.05, 3.63) is 18.1 Å². The van der Waals surface area contributed by atoms with Crippen LogP contribution in [0.15, 0.2) is 12.4 Å². The van der Waals surface area contributed by atoms with Crippen LogP contribution in [0.1, 0.15) is 32.4 Å². The summed E-state index contributed by atoms with van der Waals surface area (Å²) in [6, 6.07) is 0.708. The lowest BCUT2D eigenvalue weighted by Gasteiger charge is -2.42. The first kappa shape index (κ1) is 12.8. The molecular weight excluding hydrogens is 240 g/mol. The van der Waals surface area contributed by atoms with Gasteiger partial charge in [-0.1, -0.05) is 0 Å². The Bertz CT molecular complexity index is 428. The molecule has 104 valence electrons. The number of rotatable bonds is 4. The minimum atomic E-state index is -0.0132. The summed E-state index contributed by atoms with van der Waals surface area (Å²) in [5.41, 5.74) is 1.00. The van der Waals surface area contributed by atoms with Gasteiger partial charge in [0, 0.05) is 19.1 Å². The molecule has 0 radical (unpaired) electrons. The largest absolute Gasteiger partial charge is 0.377 e. The lowest BCUT2D eigenvalue weighted by molar-refractivity contribution is 0.0638. The molecule has 1 N–H and O–H groups in total. The van der Waals surface area contributed by atoms with Gasteiger partial charge in [0.05, 0.1) is 36.8 Å². The molecule has 0 atom stereocenters. The standard InChI is InChI=1S/C14H22N4O/c1-14(2)10-19-6-5-18(14)13-9-16-12(8-17-13)7-15-11-3-4-11/h8-9,11,15H,3-7,10H2,1-2H3. The van der Waals surface area contributed by atoms with Crippen molar-refractivity contribution in [2.24, 2.45) is 0 Å². The fraction of sp³-hybridized carbons (Fsp3) is 0.714. The normalized spacial score (nSPS) is 22.5. The minimum absolute atomic E-state index is 0.0132. The van der Waals surface area contributed by atoms with E-state index in [9.17, 15) is 0 Å². The molecule has 1 aromatic heterocycles. The number of aromatic nitrogens is 2. The van der Waals surface area contributed by atoms with Crippen LogP contribution in [0.5, 0.6) is 0 Å². The summed E-state index contributed by atoms with van der Waals surface area (Å²) in [5.74, 6) is 0.948. The first-order chi connectivity index (χ1) is 9.15. The maximum atomic E-state index is 5.53. The summed E-state index contributed by atoms with van der Waals surface area (Å²) < 4.78 is 5.53. The van der Waals surface area contributed by atoms with Crippen LogP contribution in [0, 0.1) is 0 Å². The topological polar surface area (TPSA) is 50.3 Å². The SMILES string of the molecule is CC1(C)COCCN1c1cnc(CNC2CC2)cn1. The zero-order valence-corrected chi connectivity index (χ0v) is 11.7.